The molecule has 2 aromatic carbocycles. The van der Waals surface area contributed by atoms with Crippen molar-refractivity contribution < 1.29 is 28.5 Å². The summed E-state index contributed by atoms with van der Waals surface area (Å²) >= 11 is 6.22. The zero-order valence-corrected chi connectivity index (χ0v) is 18.6. The highest BCUT2D eigenvalue weighted by molar-refractivity contribution is 6.34. The average molecular weight is 447 g/mol. The summed E-state index contributed by atoms with van der Waals surface area (Å²) in [6.07, 6.45) is -1.19. The van der Waals surface area contributed by atoms with Gasteiger partial charge in [-0.05, 0) is 24.3 Å². The van der Waals surface area contributed by atoms with E-state index in [0.717, 1.165) is 0 Å². The van der Waals surface area contributed by atoms with Gasteiger partial charge in [-0.1, -0.05) is 38.4 Å². The first kappa shape index (κ1) is 22.5. The van der Waals surface area contributed by atoms with E-state index in [2.05, 4.69) is 0 Å². The summed E-state index contributed by atoms with van der Waals surface area (Å²) in [7, 11) is 2.84. The van der Waals surface area contributed by atoms with Crippen LogP contribution in [-0.4, -0.2) is 31.4 Å². The fraction of sp³-hybridized carbons (Fsp3) is 0.304. The molecule has 0 aliphatic heterocycles. The van der Waals surface area contributed by atoms with Gasteiger partial charge in [0.2, 0.25) is 11.9 Å². The van der Waals surface area contributed by atoms with E-state index >= 15 is 0 Å². The maximum Gasteiger partial charge on any atom is 0.345 e. The van der Waals surface area contributed by atoms with E-state index < -0.39 is 17.5 Å². The highest BCUT2D eigenvalue weighted by Crippen LogP contribution is 2.46. The maximum absolute atomic E-state index is 12.6. The second-order valence-electron chi connectivity index (χ2n) is 7.97. The lowest BCUT2D eigenvalue weighted by Gasteiger charge is -2.29. The minimum Gasteiger partial charge on any atom is -0.493 e. The van der Waals surface area contributed by atoms with Gasteiger partial charge in [0, 0.05) is 11.5 Å². The number of hydrogen-bond acceptors (Lipinski definition) is 6. The van der Waals surface area contributed by atoms with Gasteiger partial charge in [-0.2, -0.15) is 0 Å². The van der Waals surface area contributed by atoms with E-state index in [0.29, 0.717) is 16.0 Å². The fourth-order valence-corrected chi connectivity index (χ4v) is 3.42. The number of ether oxygens (including phenoxy) is 3. The van der Waals surface area contributed by atoms with Crippen LogP contribution in [0, 0.1) is 5.41 Å². The molecule has 8 heteroatoms. The highest BCUT2D eigenvalue weighted by atomic mass is 35.5. The molecule has 7 nitrogen and oxygen atoms in total. The lowest BCUT2D eigenvalue weighted by molar-refractivity contribution is -0.150. The summed E-state index contributed by atoms with van der Waals surface area (Å²) in [5, 5.41) is 10.3. The van der Waals surface area contributed by atoms with Crippen LogP contribution < -0.4 is 19.6 Å². The predicted molar refractivity (Wildman–Crippen MR) is 118 cm³/mol. The molecule has 1 unspecified atom stereocenters. The average Bonchev–Trinajstić information content (AvgIpc) is 2.70. The molecule has 0 radical (unpaired) electrons. The Morgan fingerprint density at radius 3 is 2.39 bits per heavy atom. The van der Waals surface area contributed by atoms with Crippen molar-refractivity contribution in [3.8, 4) is 28.6 Å². The number of rotatable bonds is 6. The predicted octanol–water partition coefficient (Wildman–Crippen LogP) is 5.01. The smallest absolute Gasteiger partial charge is 0.345 e. The first-order valence-corrected chi connectivity index (χ1v) is 9.83. The molecule has 0 bridgehead atoms. The molecule has 3 aromatic rings. The molecule has 0 saturated carbocycles. The summed E-state index contributed by atoms with van der Waals surface area (Å²) in [6.45, 7) is 5.25. The number of halogens is 1. The summed E-state index contributed by atoms with van der Waals surface area (Å²) in [4.78, 5) is 24.5. The highest BCUT2D eigenvalue weighted by Gasteiger charge is 2.35. The lowest BCUT2D eigenvalue weighted by Crippen LogP contribution is -2.39. The summed E-state index contributed by atoms with van der Waals surface area (Å²) in [6, 6.07) is 9.46. The monoisotopic (exact) mass is 446 g/mol. The topological polar surface area (TPSA) is 95.2 Å². The number of para-hydroxylation sites is 1. The van der Waals surface area contributed by atoms with Gasteiger partial charge in [-0.15, -0.1) is 0 Å². The summed E-state index contributed by atoms with van der Waals surface area (Å²) in [5.41, 5.74) is -0.376. The quantitative estimate of drug-likeness (QED) is 0.568. The number of carboxylic acid groups (broad SMARTS) is 1. The van der Waals surface area contributed by atoms with Crippen molar-refractivity contribution >= 4 is 28.5 Å². The second kappa shape index (κ2) is 8.51. The van der Waals surface area contributed by atoms with E-state index in [1.165, 1.54) is 20.3 Å². The first-order chi connectivity index (χ1) is 14.6. The van der Waals surface area contributed by atoms with E-state index in [1.807, 2.05) is 0 Å². The molecule has 1 N–H and O–H groups in total. The molecule has 31 heavy (non-hydrogen) atoms. The summed E-state index contributed by atoms with van der Waals surface area (Å²) < 4.78 is 22.7. The zero-order chi connectivity index (χ0) is 22.9. The van der Waals surface area contributed by atoms with Crippen LogP contribution >= 0.6 is 11.6 Å². The largest absolute Gasteiger partial charge is 0.493 e. The Morgan fingerprint density at radius 1 is 1.10 bits per heavy atom. The number of fused-ring (bicyclic) bond motifs is 1. The third-order valence-electron chi connectivity index (χ3n) is 4.72. The van der Waals surface area contributed by atoms with E-state index in [9.17, 15) is 14.7 Å². The maximum atomic E-state index is 12.6. The molecule has 0 spiro atoms. The van der Waals surface area contributed by atoms with E-state index in [-0.39, 0.29) is 34.0 Å². The summed E-state index contributed by atoms with van der Waals surface area (Å²) in [5.74, 6) is -0.406. The molecule has 0 aliphatic carbocycles. The van der Waals surface area contributed by atoms with Crippen molar-refractivity contribution in [2.24, 2.45) is 5.41 Å². The third-order valence-corrected chi connectivity index (χ3v) is 5.02. The van der Waals surface area contributed by atoms with Gasteiger partial charge in [0.1, 0.15) is 5.76 Å². The molecule has 164 valence electrons. The Bertz CT molecular complexity index is 1190. The van der Waals surface area contributed by atoms with Crippen molar-refractivity contribution in [3.05, 3.63) is 51.6 Å². The van der Waals surface area contributed by atoms with Crippen molar-refractivity contribution in [3.63, 3.8) is 0 Å². The Labute approximate surface area is 184 Å². The fourth-order valence-electron chi connectivity index (χ4n) is 3.20. The van der Waals surface area contributed by atoms with Crippen LogP contribution in [0.1, 0.15) is 20.8 Å². The molecule has 1 atom stereocenters. The van der Waals surface area contributed by atoms with Crippen molar-refractivity contribution in [2.45, 2.75) is 26.9 Å². The Morgan fingerprint density at radius 2 is 1.81 bits per heavy atom. The van der Waals surface area contributed by atoms with E-state index in [1.54, 1.807) is 51.1 Å². The number of carboxylic acids is 1. The molecule has 0 aliphatic rings. The molecular weight excluding hydrogens is 424 g/mol. The Balaban J connectivity index is 2.25. The third kappa shape index (κ3) is 4.32. The van der Waals surface area contributed by atoms with Gasteiger partial charge in [0.25, 0.3) is 0 Å². The number of hydrogen-bond donors (Lipinski definition) is 1. The van der Waals surface area contributed by atoms with Crippen LogP contribution in [-0.2, 0) is 4.79 Å². The van der Waals surface area contributed by atoms with Crippen molar-refractivity contribution in [2.75, 3.05) is 14.2 Å². The van der Waals surface area contributed by atoms with Gasteiger partial charge in [-0.25, -0.2) is 4.79 Å². The minimum absolute atomic E-state index is 0.0896. The van der Waals surface area contributed by atoms with Gasteiger partial charge in [0.05, 0.1) is 30.2 Å². The zero-order valence-electron chi connectivity index (χ0n) is 17.8. The molecule has 0 fully saturated rings. The molecule has 0 amide bonds. The molecule has 1 heterocycles. The van der Waals surface area contributed by atoms with Crippen LogP contribution in [0.5, 0.6) is 17.2 Å². The van der Waals surface area contributed by atoms with Gasteiger partial charge < -0.3 is 23.7 Å². The standard InChI is InChI=1S/C23H23ClO7/c1-23(2,3)21(22(26)27)31-20-16(28-4)10-9-13(19(20)29-5)17-11-15(25)12-7-6-8-14(24)18(12)30-17/h6-11,21H,1-5H3,(H,26,27). The van der Waals surface area contributed by atoms with Gasteiger partial charge >= 0.3 is 5.97 Å². The molecular formula is C23H23ClO7. The molecule has 3 rings (SSSR count). The molecule has 0 saturated heterocycles. The van der Waals surface area contributed by atoms with Crippen LogP contribution in [0.2, 0.25) is 5.02 Å². The second-order valence-corrected chi connectivity index (χ2v) is 8.38. The number of benzene rings is 2. The van der Waals surface area contributed by atoms with Crippen molar-refractivity contribution in [1.29, 1.82) is 0 Å². The van der Waals surface area contributed by atoms with Gasteiger partial charge in [-0.3, -0.25) is 4.79 Å². The van der Waals surface area contributed by atoms with E-state index in [4.69, 9.17) is 30.2 Å². The minimum atomic E-state index is -1.19. The SMILES string of the molecule is COc1ccc(-c2cc(=O)c3cccc(Cl)c3o2)c(OC)c1OC(C(=O)O)C(C)(C)C. The normalized spacial score (nSPS) is 12.5. The first-order valence-electron chi connectivity index (χ1n) is 9.45. The number of carbonyl (C=O) groups is 1. The molecule has 1 aromatic heterocycles. The Hall–Kier alpha value is -3.19. The lowest BCUT2D eigenvalue weighted by atomic mass is 9.89. The Kier molecular flexibility index (Phi) is 6.18. The van der Waals surface area contributed by atoms with Crippen LogP contribution in [0.4, 0.5) is 0 Å². The number of methoxy groups -OCH3 is 2. The van der Waals surface area contributed by atoms with Gasteiger partial charge in [0.15, 0.2) is 22.5 Å². The number of aliphatic carboxylic acids is 1. The van der Waals surface area contributed by atoms with Crippen LogP contribution in [0.15, 0.2) is 45.6 Å². The van der Waals surface area contributed by atoms with Crippen LogP contribution in [0.25, 0.3) is 22.3 Å². The van der Waals surface area contributed by atoms with Crippen molar-refractivity contribution in [1.82, 2.24) is 0 Å². The van der Waals surface area contributed by atoms with Crippen LogP contribution in [0.3, 0.4) is 0 Å².